The van der Waals surface area contributed by atoms with Gasteiger partial charge in [-0.3, -0.25) is 0 Å². The Morgan fingerprint density at radius 3 is 2.67 bits per heavy atom. The van der Waals surface area contributed by atoms with Crippen molar-refractivity contribution in [2.45, 2.75) is 11.3 Å². The van der Waals surface area contributed by atoms with Crippen LogP contribution in [0.25, 0.3) is 0 Å². The number of sulfonamides is 1. The molecule has 1 aliphatic heterocycles. The lowest BCUT2D eigenvalue weighted by Gasteiger charge is -2.24. The molecule has 7 heteroatoms. The summed E-state index contributed by atoms with van der Waals surface area (Å²) in [4.78, 5) is 2.26. The molecule has 0 bridgehead atoms. The molecule has 1 heterocycles. The van der Waals surface area contributed by atoms with Crippen LogP contribution >= 0.6 is 11.8 Å². The van der Waals surface area contributed by atoms with Crippen LogP contribution in [-0.2, 0) is 10.0 Å². The van der Waals surface area contributed by atoms with Gasteiger partial charge in [-0.05, 0) is 30.4 Å². The van der Waals surface area contributed by atoms with Gasteiger partial charge in [-0.1, -0.05) is 0 Å². The zero-order valence-electron chi connectivity index (χ0n) is 10.0. The van der Waals surface area contributed by atoms with Gasteiger partial charge in [-0.2, -0.15) is 11.8 Å². The third-order valence-corrected chi connectivity index (χ3v) is 4.85. The topological polar surface area (TPSA) is 89.4 Å². The Balaban J connectivity index is 2.29. The molecular weight excluding hydrogens is 270 g/mol. The molecule has 0 aromatic heterocycles. The third-order valence-electron chi connectivity index (χ3n) is 2.89. The van der Waals surface area contributed by atoms with Crippen molar-refractivity contribution in [2.24, 2.45) is 5.14 Å². The Morgan fingerprint density at radius 1 is 1.22 bits per heavy atom. The monoisotopic (exact) mass is 287 g/mol. The third kappa shape index (κ3) is 3.09. The van der Waals surface area contributed by atoms with Crippen LogP contribution in [0.1, 0.15) is 6.42 Å². The molecule has 0 radical (unpaired) electrons. The number of benzene rings is 1. The van der Waals surface area contributed by atoms with Crippen molar-refractivity contribution in [3.63, 3.8) is 0 Å². The molecule has 0 amide bonds. The van der Waals surface area contributed by atoms with Gasteiger partial charge in [-0.15, -0.1) is 0 Å². The van der Waals surface area contributed by atoms with Crippen LogP contribution < -0.4 is 15.8 Å². The van der Waals surface area contributed by atoms with Crippen LogP contribution in [0.4, 0.5) is 11.4 Å². The highest BCUT2D eigenvalue weighted by molar-refractivity contribution is 7.99. The summed E-state index contributed by atoms with van der Waals surface area (Å²) in [5, 5.41) is 5.08. The maximum Gasteiger partial charge on any atom is 0.238 e. The van der Waals surface area contributed by atoms with Gasteiger partial charge in [0.15, 0.2) is 0 Å². The number of primary sulfonamides is 1. The second kappa shape index (κ2) is 5.38. The molecule has 5 nitrogen and oxygen atoms in total. The molecule has 1 aromatic rings. The summed E-state index contributed by atoms with van der Waals surface area (Å²) >= 11 is 1.93. The lowest BCUT2D eigenvalue weighted by Crippen LogP contribution is -2.26. The van der Waals surface area contributed by atoms with Gasteiger partial charge in [0, 0.05) is 18.8 Å². The molecule has 4 N–H and O–H groups in total. The van der Waals surface area contributed by atoms with Crippen molar-refractivity contribution in [3.8, 4) is 0 Å². The van der Waals surface area contributed by atoms with E-state index in [9.17, 15) is 8.42 Å². The van der Waals surface area contributed by atoms with E-state index < -0.39 is 10.0 Å². The van der Waals surface area contributed by atoms with Gasteiger partial charge in [0.25, 0.3) is 0 Å². The van der Waals surface area contributed by atoms with Crippen molar-refractivity contribution < 1.29 is 8.42 Å². The Kier molecular flexibility index (Phi) is 4.04. The minimum absolute atomic E-state index is 0.0629. The van der Waals surface area contributed by atoms with E-state index in [0.717, 1.165) is 36.7 Å². The minimum atomic E-state index is -3.68. The zero-order valence-corrected chi connectivity index (χ0v) is 11.6. The van der Waals surface area contributed by atoms with E-state index in [2.05, 4.69) is 4.90 Å². The van der Waals surface area contributed by atoms with E-state index >= 15 is 0 Å². The first kappa shape index (κ1) is 13.5. The number of thioether (sulfide) groups is 1. The SMILES string of the molecule is Nc1cc(S(N)(=O)=O)ccc1N1CCCSCC1. The number of nitrogens with zero attached hydrogens (tertiary/aromatic N) is 1. The van der Waals surface area contributed by atoms with Crippen molar-refractivity contribution in [3.05, 3.63) is 18.2 Å². The molecule has 1 saturated heterocycles. The van der Waals surface area contributed by atoms with Crippen molar-refractivity contribution in [2.75, 3.05) is 35.2 Å². The average Bonchev–Trinajstić information content (AvgIpc) is 2.56. The van der Waals surface area contributed by atoms with E-state index in [1.54, 1.807) is 6.07 Å². The van der Waals surface area contributed by atoms with E-state index in [1.165, 1.54) is 12.1 Å². The van der Waals surface area contributed by atoms with Crippen LogP contribution in [0.5, 0.6) is 0 Å². The van der Waals surface area contributed by atoms with Gasteiger partial charge in [0.1, 0.15) is 0 Å². The number of nitrogen functional groups attached to an aromatic ring is 1. The molecular formula is C11H17N3O2S2. The maximum absolute atomic E-state index is 11.2. The maximum atomic E-state index is 11.2. The normalized spacial score (nSPS) is 17.5. The Bertz CT molecular complexity index is 523. The van der Waals surface area contributed by atoms with Crippen molar-refractivity contribution >= 4 is 33.2 Å². The molecule has 1 aromatic carbocycles. The predicted octanol–water partition coefficient (Wildman–Crippen LogP) is 0.859. The highest BCUT2D eigenvalue weighted by Crippen LogP contribution is 2.27. The van der Waals surface area contributed by atoms with Gasteiger partial charge >= 0.3 is 0 Å². The fourth-order valence-corrected chi connectivity index (χ4v) is 3.42. The summed E-state index contributed by atoms with van der Waals surface area (Å²) in [7, 11) is -3.68. The summed E-state index contributed by atoms with van der Waals surface area (Å²) in [6.07, 6.45) is 1.11. The van der Waals surface area contributed by atoms with E-state index in [0.29, 0.717) is 5.69 Å². The zero-order chi connectivity index (χ0) is 13.2. The highest BCUT2D eigenvalue weighted by Gasteiger charge is 2.15. The van der Waals surface area contributed by atoms with E-state index in [-0.39, 0.29) is 4.90 Å². The van der Waals surface area contributed by atoms with Crippen LogP contribution in [-0.4, -0.2) is 33.0 Å². The summed E-state index contributed by atoms with van der Waals surface area (Å²) in [5.41, 5.74) is 7.29. The second-order valence-electron chi connectivity index (χ2n) is 4.22. The standard InChI is InChI=1S/C11H17N3O2S2/c12-10-8-9(18(13,15)16)2-3-11(10)14-4-1-6-17-7-5-14/h2-3,8H,1,4-7,12H2,(H2,13,15,16). The fourth-order valence-electron chi connectivity index (χ4n) is 1.98. The summed E-state index contributed by atoms with van der Waals surface area (Å²) in [5.74, 6) is 2.22. The van der Waals surface area contributed by atoms with Crippen LogP contribution in [0.2, 0.25) is 0 Å². The molecule has 0 spiro atoms. The van der Waals surface area contributed by atoms with Gasteiger partial charge in [0.05, 0.1) is 16.3 Å². The van der Waals surface area contributed by atoms with Crippen molar-refractivity contribution in [1.82, 2.24) is 0 Å². The Labute approximate surface area is 112 Å². The van der Waals surface area contributed by atoms with Crippen LogP contribution in [0, 0.1) is 0 Å². The number of hydrogen-bond donors (Lipinski definition) is 2. The Morgan fingerprint density at radius 2 is 2.00 bits per heavy atom. The first-order valence-corrected chi connectivity index (χ1v) is 8.43. The molecule has 2 rings (SSSR count). The molecule has 0 saturated carbocycles. The molecule has 18 heavy (non-hydrogen) atoms. The average molecular weight is 287 g/mol. The van der Waals surface area contributed by atoms with Gasteiger partial charge in [-0.25, -0.2) is 13.6 Å². The number of nitrogens with two attached hydrogens (primary N) is 2. The van der Waals surface area contributed by atoms with E-state index in [4.69, 9.17) is 10.9 Å². The molecule has 1 aliphatic rings. The van der Waals surface area contributed by atoms with E-state index in [1.807, 2.05) is 11.8 Å². The predicted molar refractivity (Wildman–Crippen MR) is 76.4 cm³/mol. The summed E-state index contributed by atoms with van der Waals surface area (Å²) < 4.78 is 22.5. The first-order valence-electron chi connectivity index (χ1n) is 5.73. The Hall–Kier alpha value is -0.920. The van der Waals surface area contributed by atoms with Crippen LogP contribution in [0.15, 0.2) is 23.1 Å². The quantitative estimate of drug-likeness (QED) is 0.787. The lowest BCUT2D eigenvalue weighted by molar-refractivity contribution is 0.598. The molecule has 0 atom stereocenters. The minimum Gasteiger partial charge on any atom is -0.397 e. The second-order valence-corrected chi connectivity index (χ2v) is 7.00. The summed E-state index contributed by atoms with van der Waals surface area (Å²) in [6, 6.07) is 4.69. The molecule has 100 valence electrons. The highest BCUT2D eigenvalue weighted by atomic mass is 32.2. The molecule has 0 unspecified atom stereocenters. The number of anilines is 2. The van der Waals surface area contributed by atoms with Gasteiger partial charge in [0.2, 0.25) is 10.0 Å². The van der Waals surface area contributed by atoms with Crippen LogP contribution in [0.3, 0.4) is 0 Å². The largest absolute Gasteiger partial charge is 0.397 e. The smallest absolute Gasteiger partial charge is 0.238 e. The molecule has 0 aliphatic carbocycles. The first-order chi connectivity index (χ1) is 8.48. The number of hydrogen-bond acceptors (Lipinski definition) is 5. The molecule has 1 fully saturated rings. The van der Waals surface area contributed by atoms with Gasteiger partial charge < -0.3 is 10.6 Å². The number of rotatable bonds is 2. The lowest BCUT2D eigenvalue weighted by atomic mass is 10.2. The van der Waals surface area contributed by atoms with Crippen molar-refractivity contribution in [1.29, 1.82) is 0 Å². The summed E-state index contributed by atoms with van der Waals surface area (Å²) in [6.45, 7) is 1.88. The fraction of sp³-hybridized carbons (Fsp3) is 0.455.